The molecule has 1 fully saturated rings. The van der Waals surface area contributed by atoms with Crippen molar-refractivity contribution < 1.29 is 4.74 Å². The summed E-state index contributed by atoms with van der Waals surface area (Å²) in [5, 5.41) is 7.33. The Morgan fingerprint density at radius 3 is 3.00 bits per heavy atom. The maximum absolute atomic E-state index is 5.64. The first kappa shape index (κ1) is 13.1. The zero-order chi connectivity index (χ0) is 13.1. The Labute approximate surface area is 115 Å². The molecule has 0 bridgehead atoms. The Morgan fingerprint density at radius 2 is 2.16 bits per heavy atom. The summed E-state index contributed by atoms with van der Waals surface area (Å²) in [7, 11) is 0. The summed E-state index contributed by atoms with van der Waals surface area (Å²) in [6, 6.07) is 9.94. The van der Waals surface area contributed by atoms with Gasteiger partial charge in [0.1, 0.15) is 0 Å². The van der Waals surface area contributed by atoms with E-state index in [0.717, 1.165) is 19.7 Å². The lowest BCUT2D eigenvalue weighted by atomic mass is 9.87. The van der Waals surface area contributed by atoms with Crippen LogP contribution in [0.3, 0.4) is 0 Å². The zero-order valence-corrected chi connectivity index (χ0v) is 11.7. The van der Waals surface area contributed by atoms with Gasteiger partial charge in [-0.25, -0.2) is 0 Å². The number of hydrogen-bond donors (Lipinski definition) is 2. The molecule has 1 unspecified atom stereocenters. The molecule has 1 aliphatic heterocycles. The maximum Gasteiger partial charge on any atom is 0.0604 e. The van der Waals surface area contributed by atoms with Crippen molar-refractivity contribution in [3.63, 3.8) is 0 Å². The van der Waals surface area contributed by atoms with Crippen LogP contribution in [0.5, 0.6) is 0 Å². The van der Waals surface area contributed by atoms with Gasteiger partial charge in [-0.3, -0.25) is 0 Å². The van der Waals surface area contributed by atoms with Crippen LogP contribution in [0.4, 0.5) is 0 Å². The van der Waals surface area contributed by atoms with Crippen LogP contribution >= 0.6 is 0 Å². The van der Waals surface area contributed by atoms with Crippen LogP contribution < -0.4 is 10.6 Å². The highest BCUT2D eigenvalue weighted by Gasteiger charge is 2.32. The molecule has 1 heterocycles. The Hall–Kier alpha value is -0.900. The van der Waals surface area contributed by atoms with E-state index in [2.05, 4.69) is 41.8 Å². The zero-order valence-electron chi connectivity index (χ0n) is 11.7. The molecule has 1 aromatic rings. The molecule has 1 saturated carbocycles. The monoisotopic (exact) mass is 260 g/mol. The van der Waals surface area contributed by atoms with Gasteiger partial charge in [-0.15, -0.1) is 0 Å². The molecule has 2 N–H and O–H groups in total. The third kappa shape index (κ3) is 2.99. The molecule has 19 heavy (non-hydrogen) atoms. The van der Waals surface area contributed by atoms with E-state index in [0.29, 0.717) is 18.2 Å². The predicted octanol–water partition coefficient (Wildman–Crippen LogP) is 2.38. The molecule has 0 saturated heterocycles. The quantitative estimate of drug-likeness (QED) is 0.872. The molecule has 0 spiro atoms. The molecule has 0 aromatic heterocycles. The van der Waals surface area contributed by atoms with Gasteiger partial charge in [0, 0.05) is 25.2 Å². The van der Waals surface area contributed by atoms with Crippen molar-refractivity contribution in [3.8, 4) is 0 Å². The highest BCUT2D eigenvalue weighted by atomic mass is 16.5. The summed E-state index contributed by atoms with van der Waals surface area (Å²) < 4.78 is 5.64. The molecule has 0 amide bonds. The van der Waals surface area contributed by atoms with Crippen molar-refractivity contribution in [1.29, 1.82) is 0 Å². The minimum Gasteiger partial charge on any atom is -0.378 e. The van der Waals surface area contributed by atoms with Gasteiger partial charge in [-0.1, -0.05) is 24.3 Å². The van der Waals surface area contributed by atoms with E-state index in [9.17, 15) is 0 Å². The second-order valence-electron chi connectivity index (χ2n) is 5.63. The molecule has 104 valence electrons. The van der Waals surface area contributed by atoms with Crippen molar-refractivity contribution in [2.24, 2.45) is 0 Å². The molecule has 1 aliphatic carbocycles. The number of fused-ring (bicyclic) bond motifs is 1. The van der Waals surface area contributed by atoms with E-state index in [1.807, 2.05) is 0 Å². The lowest BCUT2D eigenvalue weighted by Gasteiger charge is -2.38. The fraction of sp³-hybridized carbons (Fsp3) is 0.625. The Morgan fingerprint density at radius 1 is 1.32 bits per heavy atom. The van der Waals surface area contributed by atoms with Crippen molar-refractivity contribution >= 4 is 0 Å². The Balaban J connectivity index is 1.62. The number of ether oxygens (including phenoxy) is 1. The predicted molar refractivity (Wildman–Crippen MR) is 77.1 cm³/mol. The Kier molecular flexibility index (Phi) is 4.16. The number of hydrogen-bond acceptors (Lipinski definition) is 3. The standard InChI is InChI=1S/C16H24N2O/c1-2-19-14-9-13(10-14)18-16-7-8-17-11-12-5-3-4-6-15(12)16/h3-6,13-14,16-18H,2,7-11H2,1H3. The third-order valence-electron chi connectivity index (χ3n) is 4.29. The van der Waals surface area contributed by atoms with Crippen molar-refractivity contribution in [2.45, 2.75) is 50.9 Å². The average molecular weight is 260 g/mol. The highest BCUT2D eigenvalue weighted by Crippen LogP contribution is 2.29. The smallest absolute Gasteiger partial charge is 0.0604 e. The summed E-state index contributed by atoms with van der Waals surface area (Å²) in [4.78, 5) is 0. The summed E-state index contributed by atoms with van der Waals surface area (Å²) in [5.41, 5.74) is 2.92. The van der Waals surface area contributed by atoms with Gasteiger partial charge < -0.3 is 15.4 Å². The van der Waals surface area contributed by atoms with Gasteiger partial charge in [0.25, 0.3) is 0 Å². The highest BCUT2D eigenvalue weighted by molar-refractivity contribution is 5.31. The van der Waals surface area contributed by atoms with Gasteiger partial charge >= 0.3 is 0 Å². The summed E-state index contributed by atoms with van der Waals surface area (Å²) in [6.07, 6.45) is 3.99. The molecule has 3 heteroatoms. The third-order valence-corrected chi connectivity index (χ3v) is 4.29. The largest absolute Gasteiger partial charge is 0.378 e. The molecule has 3 rings (SSSR count). The van der Waals surface area contributed by atoms with E-state index < -0.39 is 0 Å². The van der Waals surface area contributed by atoms with Crippen LogP contribution in [-0.4, -0.2) is 25.3 Å². The fourth-order valence-electron chi connectivity index (χ4n) is 3.19. The van der Waals surface area contributed by atoms with Gasteiger partial charge in [0.2, 0.25) is 0 Å². The van der Waals surface area contributed by atoms with E-state index in [1.165, 1.54) is 30.4 Å². The lowest BCUT2D eigenvalue weighted by molar-refractivity contribution is -0.0126. The topological polar surface area (TPSA) is 33.3 Å². The minimum absolute atomic E-state index is 0.488. The van der Waals surface area contributed by atoms with Crippen molar-refractivity contribution in [3.05, 3.63) is 35.4 Å². The first-order chi connectivity index (χ1) is 9.36. The number of rotatable bonds is 4. The molecular formula is C16H24N2O. The lowest BCUT2D eigenvalue weighted by Crippen LogP contribution is -2.47. The SMILES string of the molecule is CCOC1CC(NC2CCNCc3ccccc32)C1. The first-order valence-electron chi connectivity index (χ1n) is 7.53. The average Bonchev–Trinajstić information content (AvgIpc) is 2.59. The summed E-state index contributed by atoms with van der Waals surface area (Å²) in [5.74, 6) is 0. The molecule has 0 radical (unpaired) electrons. The fourth-order valence-corrected chi connectivity index (χ4v) is 3.19. The second kappa shape index (κ2) is 6.04. The van der Waals surface area contributed by atoms with Gasteiger partial charge in [0.15, 0.2) is 0 Å². The molecule has 3 nitrogen and oxygen atoms in total. The maximum atomic E-state index is 5.64. The molecule has 1 atom stereocenters. The second-order valence-corrected chi connectivity index (χ2v) is 5.63. The van der Waals surface area contributed by atoms with Crippen LogP contribution in [0.1, 0.15) is 43.4 Å². The summed E-state index contributed by atoms with van der Waals surface area (Å²) >= 11 is 0. The molecule has 1 aromatic carbocycles. The minimum atomic E-state index is 0.488. The van der Waals surface area contributed by atoms with Crippen LogP contribution in [0.25, 0.3) is 0 Å². The van der Waals surface area contributed by atoms with Crippen LogP contribution in [-0.2, 0) is 11.3 Å². The number of nitrogens with one attached hydrogen (secondary N) is 2. The van der Waals surface area contributed by atoms with Crippen molar-refractivity contribution in [2.75, 3.05) is 13.2 Å². The van der Waals surface area contributed by atoms with E-state index in [-0.39, 0.29) is 0 Å². The summed E-state index contributed by atoms with van der Waals surface area (Å²) in [6.45, 7) is 5.01. The van der Waals surface area contributed by atoms with Gasteiger partial charge in [-0.2, -0.15) is 0 Å². The normalized spacial score (nSPS) is 30.3. The molecule has 2 aliphatic rings. The Bertz CT molecular complexity index is 415. The first-order valence-corrected chi connectivity index (χ1v) is 7.53. The van der Waals surface area contributed by atoms with Crippen LogP contribution in [0, 0.1) is 0 Å². The van der Waals surface area contributed by atoms with E-state index in [4.69, 9.17) is 4.74 Å². The van der Waals surface area contributed by atoms with Crippen molar-refractivity contribution in [1.82, 2.24) is 10.6 Å². The van der Waals surface area contributed by atoms with Crippen LogP contribution in [0.15, 0.2) is 24.3 Å². The molecular weight excluding hydrogens is 236 g/mol. The van der Waals surface area contributed by atoms with Gasteiger partial charge in [0.05, 0.1) is 6.10 Å². The van der Waals surface area contributed by atoms with Crippen LogP contribution in [0.2, 0.25) is 0 Å². The van der Waals surface area contributed by atoms with E-state index in [1.54, 1.807) is 0 Å². The van der Waals surface area contributed by atoms with E-state index >= 15 is 0 Å². The number of benzene rings is 1. The van der Waals surface area contributed by atoms with Gasteiger partial charge in [-0.05, 0) is 43.9 Å².